The van der Waals surface area contributed by atoms with Crippen LogP contribution in [0.3, 0.4) is 0 Å². The number of aliphatic hydroxyl groups is 1. The molecule has 1 aromatic carbocycles. The molecular weight excluding hydrogens is 460 g/mol. The average Bonchev–Trinajstić information content (AvgIpc) is 3.22. The minimum atomic E-state index is -1.32. The molecule has 1 aromatic rings. The maximum Gasteiger partial charge on any atom is 0.215 e. The molecule has 4 rings (SSSR count). The topological polar surface area (TPSA) is 119 Å². The van der Waals surface area contributed by atoms with E-state index in [2.05, 4.69) is 16.9 Å². The van der Waals surface area contributed by atoms with Gasteiger partial charge in [-0.15, -0.1) is 0 Å². The number of fused-ring (bicyclic) bond motifs is 1. The minimum Gasteiger partial charge on any atom is -0.398 e. The first-order valence-electron chi connectivity index (χ1n) is 11.0. The number of hydrogen-bond acceptors (Lipinski definition) is 9. The zero-order valence-corrected chi connectivity index (χ0v) is 21.0. The van der Waals surface area contributed by atoms with E-state index in [0.717, 1.165) is 15.5 Å². The van der Waals surface area contributed by atoms with Gasteiger partial charge < -0.3 is 20.3 Å². The molecule has 10 heteroatoms. The zero-order chi connectivity index (χ0) is 23.9. The molecule has 0 radical (unpaired) electrons. The third kappa shape index (κ3) is 5.11. The van der Waals surface area contributed by atoms with Crippen molar-refractivity contribution in [1.29, 1.82) is 0 Å². The van der Waals surface area contributed by atoms with E-state index < -0.39 is 22.8 Å². The maximum absolute atomic E-state index is 12.2. The summed E-state index contributed by atoms with van der Waals surface area (Å²) in [5, 5.41) is 13.8. The predicted molar refractivity (Wildman–Crippen MR) is 134 cm³/mol. The van der Waals surface area contributed by atoms with Crippen molar-refractivity contribution in [3.8, 4) is 0 Å². The van der Waals surface area contributed by atoms with Crippen molar-refractivity contribution in [3.05, 3.63) is 35.7 Å². The van der Waals surface area contributed by atoms with Crippen LogP contribution in [0.15, 0.2) is 50.6 Å². The SMILES string of the molecule is C=C(Sc1ccccc1N)C1C(C)=NC(S(C)=O)=NC1N[C@@H]1C[C@H](CO)[C@H]2OC(C)(C)O[C@H]21. The van der Waals surface area contributed by atoms with E-state index in [1.165, 1.54) is 11.8 Å². The Bertz CT molecular complexity index is 1010. The summed E-state index contributed by atoms with van der Waals surface area (Å²) in [7, 11) is -1.32. The number of amidine groups is 1. The number of nitrogens with two attached hydrogens (primary N) is 1. The number of nitrogen functional groups attached to an aromatic ring is 1. The highest BCUT2D eigenvalue weighted by Crippen LogP contribution is 2.43. The molecule has 2 aliphatic heterocycles. The smallest absolute Gasteiger partial charge is 0.215 e. The fraction of sp³-hybridized carbons (Fsp3) is 0.565. The van der Waals surface area contributed by atoms with Crippen LogP contribution in [0.5, 0.6) is 0 Å². The summed E-state index contributed by atoms with van der Waals surface area (Å²) >= 11 is 1.49. The van der Waals surface area contributed by atoms with Gasteiger partial charge >= 0.3 is 0 Å². The van der Waals surface area contributed by atoms with Gasteiger partial charge in [-0.2, -0.15) is 0 Å². The summed E-state index contributed by atoms with van der Waals surface area (Å²) in [6.45, 7) is 10.0. The lowest BCUT2D eigenvalue weighted by Gasteiger charge is -2.33. The average molecular weight is 493 g/mol. The van der Waals surface area contributed by atoms with Crippen molar-refractivity contribution < 1.29 is 18.8 Å². The fourth-order valence-electron chi connectivity index (χ4n) is 4.78. The second-order valence-electron chi connectivity index (χ2n) is 9.16. The van der Waals surface area contributed by atoms with Gasteiger partial charge in [0.2, 0.25) is 5.17 Å². The Morgan fingerprint density at radius 1 is 1.36 bits per heavy atom. The van der Waals surface area contributed by atoms with Crippen molar-refractivity contribution in [1.82, 2.24) is 5.32 Å². The fourth-order valence-corrected chi connectivity index (χ4v) is 6.35. The van der Waals surface area contributed by atoms with E-state index >= 15 is 0 Å². The lowest BCUT2D eigenvalue weighted by atomic mass is 9.98. The number of benzene rings is 1. The lowest BCUT2D eigenvalue weighted by Crippen LogP contribution is -2.50. The van der Waals surface area contributed by atoms with Crippen LogP contribution in [0, 0.1) is 11.8 Å². The van der Waals surface area contributed by atoms with Gasteiger partial charge in [0, 0.05) is 41.1 Å². The van der Waals surface area contributed by atoms with E-state index in [4.69, 9.17) is 20.2 Å². The van der Waals surface area contributed by atoms with Gasteiger partial charge in [0.1, 0.15) is 12.3 Å². The van der Waals surface area contributed by atoms with Crippen LogP contribution in [0.2, 0.25) is 0 Å². The largest absolute Gasteiger partial charge is 0.398 e. The summed E-state index contributed by atoms with van der Waals surface area (Å²) in [5.74, 6) is -0.976. The summed E-state index contributed by atoms with van der Waals surface area (Å²) < 4.78 is 24.5. The highest BCUT2D eigenvalue weighted by Gasteiger charge is 2.54. The highest BCUT2D eigenvalue weighted by molar-refractivity contribution is 8.03. The number of aliphatic imine (C=N–C) groups is 2. The normalized spacial score (nSPS) is 33.8. The molecule has 1 saturated heterocycles. The van der Waals surface area contributed by atoms with Gasteiger partial charge in [-0.1, -0.05) is 30.5 Å². The van der Waals surface area contributed by atoms with E-state index in [1.54, 1.807) is 6.26 Å². The molecule has 3 unspecified atom stereocenters. The van der Waals surface area contributed by atoms with Crippen LogP contribution in [0.1, 0.15) is 27.2 Å². The number of aliphatic hydroxyl groups excluding tert-OH is 1. The highest BCUT2D eigenvalue weighted by atomic mass is 32.2. The number of thioether (sulfide) groups is 1. The first-order valence-corrected chi connectivity index (χ1v) is 13.4. The molecule has 0 amide bonds. The molecule has 7 atom stereocenters. The molecule has 180 valence electrons. The van der Waals surface area contributed by atoms with E-state index in [-0.39, 0.29) is 36.7 Å². The zero-order valence-electron chi connectivity index (χ0n) is 19.4. The predicted octanol–water partition coefficient (Wildman–Crippen LogP) is 2.52. The minimum absolute atomic E-state index is 0.0245. The Morgan fingerprint density at radius 2 is 2.06 bits per heavy atom. The monoisotopic (exact) mass is 492 g/mol. The van der Waals surface area contributed by atoms with Crippen LogP contribution in [-0.4, -0.2) is 63.3 Å². The van der Waals surface area contributed by atoms with E-state index in [1.807, 2.05) is 45.0 Å². The van der Waals surface area contributed by atoms with Crippen LogP contribution in [0.25, 0.3) is 0 Å². The Hall–Kier alpha value is -1.56. The number of nitrogens with zero attached hydrogens (tertiary/aromatic N) is 2. The Morgan fingerprint density at radius 3 is 2.73 bits per heavy atom. The first kappa shape index (κ1) is 24.6. The van der Waals surface area contributed by atoms with Crippen molar-refractivity contribution >= 4 is 39.1 Å². The molecular formula is C23H32N4O4S2. The number of hydrogen-bond donors (Lipinski definition) is 3. The van der Waals surface area contributed by atoms with Gasteiger partial charge in [0.05, 0.1) is 22.8 Å². The number of anilines is 1. The summed E-state index contributed by atoms with van der Waals surface area (Å²) in [5.41, 5.74) is 7.62. The molecule has 33 heavy (non-hydrogen) atoms. The summed E-state index contributed by atoms with van der Waals surface area (Å²) in [6.07, 6.45) is 1.43. The third-order valence-corrected chi connectivity index (χ3v) is 8.07. The number of para-hydroxylation sites is 1. The summed E-state index contributed by atoms with van der Waals surface area (Å²) in [6, 6.07) is 7.55. The summed E-state index contributed by atoms with van der Waals surface area (Å²) in [4.78, 5) is 11.0. The van der Waals surface area contributed by atoms with Crippen LogP contribution in [0.4, 0.5) is 5.69 Å². The maximum atomic E-state index is 12.2. The van der Waals surface area contributed by atoms with E-state index in [0.29, 0.717) is 17.3 Å². The molecule has 0 aromatic heterocycles. The van der Waals surface area contributed by atoms with Crippen molar-refractivity contribution in [3.63, 3.8) is 0 Å². The Balaban J connectivity index is 1.60. The second-order valence-corrected chi connectivity index (χ2v) is 11.6. The molecule has 4 N–H and O–H groups in total. The van der Waals surface area contributed by atoms with Crippen LogP contribution in [-0.2, 0) is 20.3 Å². The van der Waals surface area contributed by atoms with Gasteiger partial charge in [-0.25, -0.2) is 9.98 Å². The quantitative estimate of drug-likeness (QED) is 0.412. The van der Waals surface area contributed by atoms with Crippen LogP contribution < -0.4 is 11.1 Å². The molecule has 3 aliphatic rings. The van der Waals surface area contributed by atoms with E-state index in [9.17, 15) is 9.32 Å². The molecule has 2 heterocycles. The molecule has 1 aliphatic carbocycles. The van der Waals surface area contributed by atoms with Crippen LogP contribution >= 0.6 is 11.8 Å². The third-order valence-electron chi connectivity index (χ3n) is 6.25. The Kier molecular flexibility index (Phi) is 7.14. The van der Waals surface area contributed by atoms with Crippen molar-refractivity contribution in [2.75, 3.05) is 18.6 Å². The van der Waals surface area contributed by atoms with Gasteiger partial charge in [0.15, 0.2) is 5.79 Å². The molecule has 2 fully saturated rings. The second kappa shape index (κ2) is 9.59. The van der Waals surface area contributed by atoms with Gasteiger partial charge in [-0.3, -0.25) is 9.53 Å². The number of rotatable bonds is 6. The van der Waals surface area contributed by atoms with Crippen molar-refractivity contribution in [2.45, 2.75) is 62.3 Å². The number of ether oxygens (including phenoxy) is 2. The Labute approximate surface area is 201 Å². The first-order chi connectivity index (χ1) is 15.6. The molecule has 0 spiro atoms. The van der Waals surface area contributed by atoms with Crippen molar-refractivity contribution in [2.24, 2.45) is 21.8 Å². The molecule has 8 nitrogen and oxygen atoms in total. The van der Waals surface area contributed by atoms with Gasteiger partial charge in [0.25, 0.3) is 0 Å². The molecule has 0 bridgehead atoms. The lowest BCUT2D eigenvalue weighted by molar-refractivity contribution is -0.160. The van der Waals surface area contributed by atoms with Gasteiger partial charge in [-0.05, 0) is 44.2 Å². The standard InChI is InChI=1S/C23H32N4O4S2/c1-12-18(13(2)32-17-9-7-6-8-15(17)24)21(27-22(25-12)33(5)29)26-16-10-14(11-28)19-20(16)31-23(3,4)30-19/h6-9,14,16,18-21,26,28H,2,10-11,24H2,1,3-5H3/t14-,16-,18?,19-,20+,21?,33?/m1/s1. The molecule has 1 saturated carbocycles. The number of nitrogens with one attached hydrogen (secondary N) is 1.